The van der Waals surface area contributed by atoms with E-state index in [0.717, 1.165) is 50.9 Å². The summed E-state index contributed by atoms with van der Waals surface area (Å²) in [5.74, 6) is -0.299. The number of hydrogen-bond donors (Lipinski definition) is 1. The third-order valence-electron chi connectivity index (χ3n) is 7.51. The van der Waals surface area contributed by atoms with E-state index in [2.05, 4.69) is 11.4 Å². The van der Waals surface area contributed by atoms with E-state index < -0.39 is 21.9 Å². The Kier molecular flexibility index (Phi) is 12.4. The van der Waals surface area contributed by atoms with Gasteiger partial charge in [0.1, 0.15) is 0 Å². The molecule has 3 fully saturated rings. The van der Waals surface area contributed by atoms with Crippen LogP contribution < -0.4 is 5.32 Å². The lowest BCUT2D eigenvalue weighted by Crippen LogP contribution is -2.57. The Labute approximate surface area is 259 Å². The molecule has 2 amide bonds. The second-order valence-corrected chi connectivity index (χ2v) is 13.5. The van der Waals surface area contributed by atoms with E-state index in [1.54, 1.807) is 0 Å². The van der Waals surface area contributed by atoms with Gasteiger partial charge in [0.15, 0.2) is 0 Å². The third-order valence-corrected chi connectivity index (χ3v) is 9.44. The molecule has 3 aliphatic heterocycles. The molecule has 1 N–H and O–H groups in total. The lowest BCUT2D eigenvalue weighted by atomic mass is 9.82. The largest absolute Gasteiger partial charge is 0.416 e. The van der Waals surface area contributed by atoms with Crippen LogP contribution in [0.3, 0.4) is 0 Å². The Morgan fingerprint density at radius 2 is 1.63 bits per heavy atom. The highest BCUT2D eigenvalue weighted by molar-refractivity contribution is 14.0. The van der Waals surface area contributed by atoms with Crippen LogP contribution in [0.1, 0.15) is 65.0 Å². The Morgan fingerprint density at radius 1 is 1.05 bits per heavy atom. The van der Waals surface area contributed by atoms with E-state index in [9.17, 15) is 31.2 Å². The van der Waals surface area contributed by atoms with Crippen molar-refractivity contribution in [2.45, 2.75) is 58.7 Å². The molecule has 1 aromatic carbocycles. The van der Waals surface area contributed by atoms with E-state index in [-0.39, 0.29) is 74.2 Å². The second-order valence-electron chi connectivity index (χ2n) is 11.6. The molecule has 4 rings (SSSR count). The first-order chi connectivity index (χ1) is 18.7. The van der Waals surface area contributed by atoms with Crippen molar-refractivity contribution in [2.75, 3.05) is 39.3 Å². The summed E-state index contributed by atoms with van der Waals surface area (Å²) in [6.07, 6.45) is -0.198. The van der Waals surface area contributed by atoms with Gasteiger partial charge in [-0.05, 0) is 48.8 Å². The first kappa shape index (κ1) is 35.2. The summed E-state index contributed by atoms with van der Waals surface area (Å²) in [5, 5.41) is 11.4. The van der Waals surface area contributed by atoms with Crippen LogP contribution in [0, 0.1) is 28.6 Å². The van der Waals surface area contributed by atoms with Gasteiger partial charge in [0.05, 0.1) is 29.5 Å². The minimum absolute atomic E-state index is 0. The van der Waals surface area contributed by atoms with Crippen molar-refractivity contribution in [1.29, 1.82) is 5.26 Å². The topological polar surface area (TPSA) is 114 Å². The van der Waals surface area contributed by atoms with Gasteiger partial charge < -0.3 is 10.2 Å². The molecule has 14 heteroatoms. The molecule has 232 valence electrons. The molecule has 0 bridgehead atoms. The molecule has 3 aliphatic rings. The third kappa shape index (κ3) is 9.01. The maximum Gasteiger partial charge on any atom is 0.416 e. The smallest absolute Gasteiger partial charge is 0.351 e. The van der Waals surface area contributed by atoms with Gasteiger partial charge in [0, 0.05) is 40.7 Å². The summed E-state index contributed by atoms with van der Waals surface area (Å²) in [6, 6.07) is 6.62. The Balaban J connectivity index is 0.000000409. The van der Waals surface area contributed by atoms with Gasteiger partial charge in [-0.1, -0.05) is 32.9 Å². The van der Waals surface area contributed by atoms with E-state index in [4.69, 9.17) is 5.26 Å². The average molecular weight is 716 g/mol. The number of nitriles is 1. The minimum Gasteiger partial charge on any atom is -0.351 e. The van der Waals surface area contributed by atoms with Gasteiger partial charge in [-0.15, -0.1) is 24.0 Å². The number of halogens is 4. The predicted molar refractivity (Wildman–Crippen MR) is 160 cm³/mol. The molecule has 2 atom stereocenters. The van der Waals surface area contributed by atoms with Crippen molar-refractivity contribution in [3.05, 3.63) is 35.4 Å². The van der Waals surface area contributed by atoms with Crippen molar-refractivity contribution in [3.63, 3.8) is 0 Å². The van der Waals surface area contributed by atoms with Gasteiger partial charge in [0.25, 0.3) is 10.2 Å². The zero-order valence-electron chi connectivity index (χ0n) is 23.6. The van der Waals surface area contributed by atoms with Crippen molar-refractivity contribution in [3.8, 4) is 6.07 Å². The van der Waals surface area contributed by atoms with E-state index in [1.165, 1.54) is 20.7 Å². The molecule has 0 unspecified atom stereocenters. The van der Waals surface area contributed by atoms with Crippen molar-refractivity contribution in [2.24, 2.45) is 17.3 Å². The highest BCUT2D eigenvalue weighted by atomic mass is 127. The molecule has 0 saturated carbocycles. The summed E-state index contributed by atoms with van der Waals surface area (Å²) < 4.78 is 65.1. The summed E-state index contributed by atoms with van der Waals surface area (Å²) in [5.41, 5.74) is -0.312. The average Bonchev–Trinajstić information content (AvgIpc) is 3.40. The first-order valence-corrected chi connectivity index (χ1v) is 14.9. The summed E-state index contributed by atoms with van der Waals surface area (Å²) in [7, 11) is -3.51. The molecule has 1 aromatic rings. The summed E-state index contributed by atoms with van der Waals surface area (Å²) in [4.78, 5) is 24.9. The molecular weight excluding hydrogens is 674 g/mol. The number of piperidine rings is 1. The van der Waals surface area contributed by atoms with Crippen LogP contribution in [-0.4, -0.2) is 73.5 Å². The standard InChI is InChI=1S/C14H22N4O3S.C13H16F3NO.HI.H2/c15-8-12-9-18(10-12)22(20,21)17-7-3-4-13(11-17)14(19)16-5-1-2-6-16;1-12(2,3)11(17-8-18)9-4-6-10(7-5-9)13(14,15)16;;/h12-13H,1-7,9-11H2;4-8,11H,1-3H3,(H,17,18);2*1H/t13-;11-;;/m00../s1. The molecule has 41 heavy (non-hydrogen) atoms. The number of rotatable bonds is 6. The van der Waals surface area contributed by atoms with Crippen LogP contribution in [0.4, 0.5) is 13.2 Å². The zero-order chi connectivity index (χ0) is 29.7. The monoisotopic (exact) mass is 715 g/mol. The van der Waals surface area contributed by atoms with Gasteiger partial charge in [0.2, 0.25) is 12.3 Å². The first-order valence-electron chi connectivity index (χ1n) is 13.5. The van der Waals surface area contributed by atoms with Crippen molar-refractivity contribution >= 4 is 46.5 Å². The van der Waals surface area contributed by atoms with Gasteiger partial charge >= 0.3 is 6.18 Å². The number of carbonyl (C=O) groups is 2. The van der Waals surface area contributed by atoms with E-state index in [0.29, 0.717) is 18.5 Å². The van der Waals surface area contributed by atoms with E-state index >= 15 is 0 Å². The lowest BCUT2D eigenvalue weighted by molar-refractivity contribution is -0.137. The van der Waals surface area contributed by atoms with Crippen LogP contribution in [0.15, 0.2) is 24.3 Å². The van der Waals surface area contributed by atoms with Crippen LogP contribution in [0.2, 0.25) is 0 Å². The molecule has 0 aromatic heterocycles. The van der Waals surface area contributed by atoms with Crippen LogP contribution in [0.5, 0.6) is 0 Å². The number of benzene rings is 1. The van der Waals surface area contributed by atoms with Crippen molar-refractivity contribution in [1.82, 2.24) is 18.8 Å². The fourth-order valence-electron chi connectivity index (χ4n) is 5.20. The van der Waals surface area contributed by atoms with Crippen LogP contribution >= 0.6 is 24.0 Å². The molecule has 3 saturated heterocycles. The number of nitrogens with zero attached hydrogens (tertiary/aromatic N) is 4. The summed E-state index contributed by atoms with van der Waals surface area (Å²) in [6.45, 7) is 8.64. The second kappa shape index (κ2) is 14.5. The highest BCUT2D eigenvalue weighted by Crippen LogP contribution is 2.35. The van der Waals surface area contributed by atoms with Gasteiger partial charge in [-0.2, -0.15) is 35.5 Å². The molecule has 0 radical (unpaired) electrons. The number of hydrogen-bond acceptors (Lipinski definition) is 5. The molecule has 3 heterocycles. The van der Waals surface area contributed by atoms with Crippen LogP contribution in [0.25, 0.3) is 0 Å². The minimum atomic E-state index is -4.34. The maximum atomic E-state index is 12.5. The number of likely N-dealkylation sites (tertiary alicyclic amines) is 1. The summed E-state index contributed by atoms with van der Waals surface area (Å²) >= 11 is 0. The number of nitrogens with one attached hydrogen (secondary N) is 1. The predicted octanol–water partition coefficient (Wildman–Crippen LogP) is 4.42. The lowest BCUT2D eigenvalue weighted by Gasteiger charge is -2.40. The van der Waals surface area contributed by atoms with Crippen molar-refractivity contribution < 1.29 is 32.6 Å². The Bertz CT molecular complexity index is 1180. The van der Waals surface area contributed by atoms with Gasteiger partial charge in [-0.3, -0.25) is 9.59 Å². The Hall–Kier alpha value is -1.96. The van der Waals surface area contributed by atoms with E-state index in [1.807, 2.05) is 25.7 Å². The number of amides is 2. The molecule has 0 spiro atoms. The maximum absolute atomic E-state index is 12.5. The fraction of sp³-hybridized carbons (Fsp3) is 0.667. The fourth-order valence-corrected chi connectivity index (χ4v) is 6.99. The van der Waals surface area contributed by atoms with Gasteiger partial charge in [-0.25, -0.2) is 0 Å². The highest BCUT2D eigenvalue weighted by Gasteiger charge is 2.42. The van der Waals surface area contributed by atoms with Crippen LogP contribution in [-0.2, 0) is 26.0 Å². The quantitative estimate of drug-likeness (QED) is 0.346. The number of carbonyl (C=O) groups excluding carboxylic acids is 2. The molecule has 0 aliphatic carbocycles. The zero-order valence-corrected chi connectivity index (χ0v) is 26.7. The normalized spacial score (nSPS) is 21.4. The molecular formula is C27H41F3IN5O4S. The molecule has 9 nitrogen and oxygen atoms in total. The number of alkyl halides is 3. The SMILES string of the molecule is CC(C)(C)[C@@H](NC=O)c1ccc(C(F)(F)F)cc1.I.N#CC1CN(S(=O)(=O)N2CCC[C@H](C(=O)N3CCCC3)C2)C1.[HH]. The Morgan fingerprint density at radius 3 is 2.12 bits per heavy atom.